The lowest BCUT2D eigenvalue weighted by atomic mass is 10.2. The van der Waals surface area contributed by atoms with Crippen LogP contribution in [0.4, 0.5) is 0 Å². The highest BCUT2D eigenvalue weighted by atomic mass is 32.2. The third-order valence-corrected chi connectivity index (χ3v) is 4.68. The summed E-state index contributed by atoms with van der Waals surface area (Å²) in [5.74, 6) is -0.491. The molecule has 2 aromatic rings. The number of ether oxygens (including phenoxy) is 1. The van der Waals surface area contributed by atoms with E-state index in [1.54, 1.807) is 24.3 Å². The zero-order valence-corrected chi connectivity index (χ0v) is 15.3. The van der Waals surface area contributed by atoms with Crippen molar-refractivity contribution in [1.82, 2.24) is 10.6 Å². The molecule has 26 heavy (non-hydrogen) atoms. The summed E-state index contributed by atoms with van der Waals surface area (Å²) in [5, 5.41) is 5.32. The maximum absolute atomic E-state index is 12.2. The monoisotopic (exact) mass is 376 g/mol. The third-order valence-electron chi connectivity index (χ3n) is 3.56. The number of benzene rings is 2. The Morgan fingerprint density at radius 3 is 2.04 bits per heavy atom. The van der Waals surface area contributed by atoms with Crippen molar-refractivity contribution < 1.29 is 22.7 Å². The number of rotatable bonds is 7. The van der Waals surface area contributed by atoms with Gasteiger partial charge in [0.05, 0.1) is 7.11 Å². The maximum Gasteiger partial charge on any atom is 0.251 e. The quantitative estimate of drug-likeness (QED) is 0.709. The van der Waals surface area contributed by atoms with Gasteiger partial charge >= 0.3 is 0 Å². The van der Waals surface area contributed by atoms with Gasteiger partial charge in [-0.25, -0.2) is 8.42 Å². The summed E-state index contributed by atoms with van der Waals surface area (Å²) in [5.41, 5.74) is 0.729. The number of amides is 2. The zero-order valence-electron chi connectivity index (χ0n) is 14.5. The molecule has 0 aromatic heterocycles. The van der Waals surface area contributed by atoms with E-state index < -0.39 is 15.7 Å². The van der Waals surface area contributed by atoms with Gasteiger partial charge in [0.25, 0.3) is 11.8 Å². The van der Waals surface area contributed by atoms with Gasteiger partial charge in [-0.1, -0.05) is 18.2 Å². The van der Waals surface area contributed by atoms with Crippen molar-refractivity contribution in [2.75, 3.05) is 26.5 Å². The average molecular weight is 376 g/mol. The minimum Gasteiger partial charge on any atom is -0.495 e. The predicted octanol–water partition coefficient (Wildman–Crippen LogP) is 1.26. The maximum atomic E-state index is 12.2. The van der Waals surface area contributed by atoms with Crippen LogP contribution < -0.4 is 15.4 Å². The van der Waals surface area contributed by atoms with Gasteiger partial charge in [0.2, 0.25) is 0 Å². The summed E-state index contributed by atoms with van der Waals surface area (Å²) in [7, 11) is -2.17. The molecule has 0 aliphatic rings. The summed E-state index contributed by atoms with van der Waals surface area (Å²) in [6.07, 6.45) is 1.05. The molecule has 2 amide bonds. The van der Waals surface area contributed by atoms with Gasteiger partial charge in [0, 0.05) is 30.5 Å². The smallest absolute Gasteiger partial charge is 0.251 e. The number of carbonyl (C=O) groups is 2. The molecule has 0 bridgehead atoms. The molecule has 0 aliphatic carbocycles. The average Bonchev–Trinajstić information content (AvgIpc) is 2.64. The first kappa shape index (κ1) is 19.5. The highest BCUT2D eigenvalue weighted by Crippen LogP contribution is 2.24. The van der Waals surface area contributed by atoms with Crippen LogP contribution in [-0.4, -0.2) is 46.7 Å². The zero-order chi connectivity index (χ0) is 19.2. The van der Waals surface area contributed by atoms with Crippen molar-refractivity contribution in [1.29, 1.82) is 0 Å². The van der Waals surface area contributed by atoms with E-state index in [4.69, 9.17) is 4.74 Å². The number of carbonyl (C=O) groups excluding carboxylic acids is 2. The Morgan fingerprint density at radius 1 is 0.923 bits per heavy atom. The van der Waals surface area contributed by atoms with E-state index in [0.717, 1.165) is 6.26 Å². The second-order valence-corrected chi connectivity index (χ2v) is 7.50. The van der Waals surface area contributed by atoms with Crippen LogP contribution in [0.1, 0.15) is 20.7 Å². The molecule has 0 aliphatic heterocycles. The van der Waals surface area contributed by atoms with Crippen LogP contribution in [0.2, 0.25) is 0 Å². The fourth-order valence-corrected chi connectivity index (χ4v) is 3.11. The molecule has 0 saturated carbocycles. The first-order valence-electron chi connectivity index (χ1n) is 7.82. The van der Waals surface area contributed by atoms with E-state index in [0.29, 0.717) is 5.56 Å². The minimum absolute atomic E-state index is 0.0509. The Kier molecular flexibility index (Phi) is 6.35. The first-order chi connectivity index (χ1) is 12.3. The largest absolute Gasteiger partial charge is 0.495 e. The third kappa shape index (κ3) is 5.06. The van der Waals surface area contributed by atoms with Crippen molar-refractivity contribution in [2.24, 2.45) is 0 Å². The fraction of sp³-hybridized carbons (Fsp3) is 0.222. The van der Waals surface area contributed by atoms with Crippen LogP contribution in [0.3, 0.4) is 0 Å². The van der Waals surface area contributed by atoms with E-state index in [1.807, 2.05) is 6.07 Å². The lowest BCUT2D eigenvalue weighted by Crippen LogP contribution is -2.34. The summed E-state index contributed by atoms with van der Waals surface area (Å²) >= 11 is 0. The molecule has 0 saturated heterocycles. The van der Waals surface area contributed by atoms with Crippen molar-refractivity contribution in [3.8, 4) is 5.75 Å². The summed E-state index contributed by atoms with van der Waals surface area (Å²) in [4.78, 5) is 24.0. The molecule has 2 N–H and O–H groups in total. The van der Waals surface area contributed by atoms with E-state index in [1.165, 1.54) is 25.3 Å². The number of methoxy groups -OCH3 is 1. The van der Waals surface area contributed by atoms with E-state index >= 15 is 0 Å². The lowest BCUT2D eigenvalue weighted by Gasteiger charge is -2.10. The van der Waals surface area contributed by atoms with E-state index in [9.17, 15) is 18.0 Å². The Hall–Kier alpha value is -2.87. The van der Waals surface area contributed by atoms with Gasteiger partial charge in [-0.05, 0) is 30.3 Å². The van der Waals surface area contributed by atoms with Crippen molar-refractivity contribution in [2.45, 2.75) is 4.90 Å². The molecule has 7 nitrogen and oxygen atoms in total. The second-order valence-electron chi connectivity index (χ2n) is 5.52. The number of nitrogens with one attached hydrogen (secondary N) is 2. The Labute approximate surface area is 152 Å². The first-order valence-corrected chi connectivity index (χ1v) is 9.71. The van der Waals surface area contributed by atoms with Gasteiger partial charge in [-0.2, -0.15) is 0 Å². The Morgan fingerprint density at radius 2 is 1.50 bits per heavy atom. The normalized spacial score (nSPS) is 10.8. The highest BCUT2D eigenvalue weighted by Gasteiger charge is 2.17. The molecule has 2 rings (SSSR count). The van der Waals surface area contributed by atoms with Gasteiger partial charge in [0.15, 0.2) is 9.84 Å². The molecule has 138 valence electrons. The van der Waals surface area contributed by atoms with Crippen LogP contribution in [0.5, 0.6) is 5.75 Å². The summed E-state index contributed by atoms with van der Waals surface area (Å²) in [6.45, 7) is 0.451. The molecule has 0 atom stereocenters. The summed E-state index contributed by atoms with van der Waals surface area (Å²) < 4.78 is 28.6. The molecule has 0 fully saturated rings. The fourth-order valence-electron chi connectivity index (χ4n) is 2.25. The molecule has 0 heterocycles. The van der Waals surface area contributed by atoms with Crippen molar-refractivity contribution >= 4 is 21.7 Å². The number of sulfone groups is 1. The van der Waals surface area contributed by atoms with Crippen LogP contribution in [0.15, 0.2) is 53.4 Å². The van der Waals surface area contributed by atoms with E-state index in [2.05, 4.69) is 10.6 Å². The standard InChI is InChI=1S/C18H20N2O5S/c1-25-15-9-8-14(12-16(15)26(2,23)24)18(22)20-11-10-19-17(21)13-6-4-3-5-7-13/h3-9,12H,10-11H2,1-2H3,(H,19,21)(H,20,22). The number of hydrogen-bond acceptors (Lipinski definition) is 5. The minimum atomic E-state index is -3.53. The molecular formula is C18H20N2O5S. The van der Waals surface area contributed by atoms with Crippen molar-refractivity contribution in [3.63, 3.8) is 0 Å². The predicted molar refractivity (Wildman–Crippen MR) is 97.2 cm³/mol. The van der Waals surface area contributed by atoms with Gasteiger partial charge < -0.3 is 15.4 Å². The molecular weight excluding hydrogens is 356 g/mol. The van der Waals surface area contributed by atoms with Crippen molar-refractivity contribution in [3.05, 3.63) is 59.7 Å². The van der Waals surface area contributed by atoms with Crippen LogP contribution in [0, 0.1) is 0 Å². The van der Waals surface area contributed by atoms with Gasteiger partial charge in [-0.3, -0.25) is 9.59 Å². The summed E-state index contributed by atoms with van der Waals surface area (Å²) in [6, 6.07) is 12.9. The SMILES string of the molecule is COc1ccc(C(=O)NCCNC(=O)c2ccccc2)cc1S(C)(=O)=O. The van der Waals surface area contributed by atoms with Crippen LogP contribution in [0.25, 0.3) is 0 Å². The Balaban J connectivity index is 1.93. The second kappa shape index (κ2) is 8.48. The Bertz CT molecular complexity index is 895. The van der Waals surface area contributed by atoms with Gasteiger partial charge in [0.1, 0.15) is 10.6 Å². The number of hydrogen-bond donors (Lipinski definition) is 2. The molecule has 8 heteroatoms. The molecule has 0 radical (unpaired) electrons. The van der Waals surface area contributed by atoms with Crippen LogP contribution in [-0.2, 0) is 9.84 Å². The molecule has 0 unspecified atom stereocenters. The molecule has 2 aromatic carbocycles. The van der Waals surface area contributed by atoms with Gasteiger partial charge in [-0.15, -0.1) is 0 Å². The molecule has 0 spiro atoms. The van der Waals surface area contributed by atoms with Crippen LogP contribution >= 0.6 is 0 Å². The highest BCUT2D eigenvalue weighted by molar-refractivity contribution is 7.90. The lowest BCUT2D eigenvalue weighted by molar-refractivity contribution is 0.0927. The van der Waals surface area contributed by atoms with E-state index in [-0.39, 0.29) is 35.2 Å². The topological polar surface area (TPSA) is 102 Å².